The molecule has 0 spiro atoms. The van der Waals surface area contributed by atoms with E-state index in [1.807, 2.05) is 0 Å². The Morgan fingerprint density at radius 2 is 1.97 bits per heavy atom. The van der Waals surface area contributed by atoms with E-state index in [1.54, 1.807) is 13.8 Å². The van der Waals surface area contributed by atoms with Crippen molar-refractivity contribution in [2.24, 2.45) is 5.92 Å². The lowest BCUT2D eigenvalue weighted by Gasteiger charge is -2.34. The molecule has 1 aromatic carbocycles. The number of halogens is 3. The molecule has 3 N–H and O–H groups in total. The topological polar surface area (TPSA) is 133 Å². The van der Waals surface area contributed by atoms with Gasteiger partial charge >= 0.3 is 0 Å². The summed E-state index contributed by atoms with van der Waals surface area (Å²) in [5.41, 5.74) is 5.29. The molecule has 0 unspecified atom stereocenters. The van der Waals surface area contributed by atoms with E-state index in [4.69, 9.17) is 5.73 Å². The van der Waals surface area contributed by atoms with Gasteiger partial charge in [-0.15, -0.1) is 0 Å². The molecular weight excluding hydrogens is 461 g/mol. The van der Waals surface area contributed by atoms with Crippen molar-refractivity contribution in [3.63, 3.8) is 0 Å². The average Bonchev–Trinajstić information content (AvgIpc) is 2.67. The van der Waals surface area contributed by atoms with Crippen LogP contribution in [0.4, 0.5) is 24.8 Å². The van der Waals surface area contributed by atoms with Crippen molar-refractivity contribution < 1.29 is 21.6 Å². The molecule has 0 radical (unpaired) electrons. The number of sulfonamides is 1. The molecule has 176 valence electrons. The Bertz CT molecular complexity index is 1400. The molecule has 0 bridgehead atoms. The van der Waals surface area contributed by atoms with E-state index in [0.29, 0.717) is 0 Å². The summed E-state index contributed by atoms with van der Waals surface area (Å²) in [5, 5.41) is 0. The number of rotatable bonds is 6. The van der Waals surface area contributed by atoms with Gasteiger partial charge in [0, 0.05) is 24.4 Å². The minimum absolute atomic E-state index is 0.0286. The number of alkyl halides is 2. The van der Waals surface area contributed by atoms with Crippen LogP contribution in [0.1, 0.15) is 32.7 Å². The maximum Gasteiger partial charge on any atom is 0.278 e. The van der Waals surface area contributed by atoms with E-state index in [9.17, 15) is 26.4 Å². The standard InChI is InChI=1S/C20H21F3N6O3S/c1-10(2)29-17-15(8-25-19(24)27-17)26-16(18(29)30)12-3-4-14(13(21)5-12)28-33(31,32)9-11-6-20(22,23)7-11/h3-5,8,10-11,28H,6-7,9H2,1-2H3,(H2,24,25,27). The molecule has 3 aromatic rings. The van der Waals surface area contributed by atoms with Crippen molar-refractivity contribution in [2.75, 3.05) is 16.2 Å². The van der Waals surface area contributed by atoms with Crippen LogP contribution in [0.3, 0.4) is 0 Å². The normalized spacial score (nSPS) is 16.2. The number of hydrogen-bond acceptors (Lipinski definition) is 7. The van der Waals surface area contributed by atoms with Crippen molar-refractivity contribution in [1.82, 2.24) is 19.5 Å². The van der Waals surface area contributed by atoms with Crippen molar-refractivity contribution in [1.29, 1.82) is 0 Å². The summed E-state index contributed by atoms with van der Waals surface area (Å²) in [6.45, 7) is 3.53. The van der Waals surface area contributed by atoms with Gasteiger partial charge in [-0.2, -0.15) is 4.98 Å². The minimum Gasteiger partial charge on any atom is -0.368 e. The molecule has 0 amide bonds. The fourth-order valence-corrected chi connectivity index (χ4v) is 5.29. The number of nitrogens with two attached hydrogens (primary N) is 1. The average molecular weight is 482 g/mol. The summed E-state index contributed by atoms with van der Waals surface area (Å²) in [5.74, 6) is -5.04. The lowest BCUT2D eigenvalue weighted by atomic mass is 9.83. The molecule has 2 heterocycles. The van der Waals surface area contributed by atoms with E-state index in [0.717, 1.165) is 12.1 Å². The Balaban J connectivity index is 1.66. The molecule has 1 aliphatic rings. The number of nitrogens with zero attached hydrogens (tertiary/aromatic N) is 4. The maximum absolute atomic E-state index is 14.8. The lowest BCUT2D eigenvalue weighted by molar-refractivity contribution is -0.103. The first-order valence-electron chi connectivity index (χ1n) is 10.1. The Labute approximate surface area is 186 Å². The number of aromatic nitrogens is 4. The molecule has 1 fully saturated rings. The van der Waals surface area contributed by atoms with Crippen LogP contribution < -0.4 is 16.0 Å². The summed E-state index contributed by atoms with van der Waals surface area (Å²) in [7, 11) is -4.04. The van der Waals surface area contributed by atoms with Crippen molar-refractivity contribution in [2.45, 2.75) is 38.7 Å². The van der Waals surface area contributed by atoms with Crippen LogP contribution >= 0.6 is 0 Å². The molecule has 4 rings (SSSR count). The third kappa shape index (κ3) is 4.63. The number of anilines is 2. The molecule has 2 aromatic heterocycles. The molecule has 1 aliphatic carbocycles. The maximum atomic E-state index is 14.8. The Morgan fingerprint density at radius 3 is 2.58 bits per heavy atom. The van der Waals surface area contributed by atoms with Crippen LogP contribution in [-0.4, -0.2) is 39.6 Å². The van der Waals surface area contributed by atoms with Gasteiger partial charge in [-0.05, 0) is 31.9 Å². The van der Waals surface area contributed by atoms with E-state index in [2.05, 4.69) is 19.7 Å². The molecular formula is C20H21F3N6O3S. The first-order chi connectivity index (χ1) is 15.3. The van der Waals surface area contributed by atoms with Gasteiger partial charge in [0.05, 0.1) is 17.6 Å². The van der Waals surface area contributed by atoms with E-state index >= 15 is 0 Å². The summed E-state index contributed by atoms with van der Waals surface area (Å²) < 4.78 is 68.6. The zero-order valence-electron chi connectivity index (χ0n) is 17.7. The predicted molar refractivity (Wildman–Crippen MR) is 117 cm³/mol. The fraction of sp³-hybridized carbons (Fsp3) is 0.400. The molecule has 33 heavy (non-hydrogen) atoms. The van der Waals surface area contributed by atoms with Crippen LogP contribution in [0.2, 0.25) is 0 Å². The number of nitrogen functional groups attached to an aromatic ring is 1. The van der Waals surface area contributed by atoms with Gasteiger partial charge in [-0.1, -0.05) is 6.07 Å². The second-order valence-corrected chi connectivity index (χ2v) is 10.1. The number of benzene rings is 1. The first-order valence-corrected chi connectivity index (χ1v) is 11.7. The molecule has 0 atom stereocenters. The molecule has 13 heteroatoms. The first kappa shape index (κ1) is 23.0. The van der Waals surface area contributed by atoms with Crippen molar-refractivity contribution in [3.05, 3.63) is 40.6 Å². The second kappa shape index (κ2) is 7.97. The highest BCUT2D eigenvalue weighted by Crippen LogP contribution is 2.43. The monoisotopic (exact) mass is 482 g/mol. The molecule has 0 saturated heterocycles. The summed E-state index contributed by atoms with van der Waals surface area (Å²) in [6.07, 6.45) is 0.323. The minimum atomic E-state index is -4.04. The molecule has 1 saturated carbocycles. The largest absolute Gasteiger partial charge is 0.368 e. The van der Waals surface area contributed by atoms with Gasteiger partial charge < -0.3 is 5.73 Å². The lowest BCUT2D eigenvalue weighted by Crippen LogP contribution is -2.40. The highest BCUT2D eigenvalue weighted by atomic mass is 32.2. The van der Waals surface area contributed by atoms with Crippen LogP contribution in [0.5, 0.6) is 0 Å². The van der Waals surface area contributed by atoms with Crippen LogP contribution in [0, 0.1) is 11.7 Å². The summed E-state index contributed by atoms with van der Waals surface area (Å²) in [6, 6.07) is 3.16. The van der Waals surface area contributed by atoms with Gasteiger partial charge in [-0.25, -0.2) is 31.6 Å². The van der Waals surface area contributed by atoms with E-state index in [-0.39, 0.29) is 40.1 Å². The van der Waals surface area contributed by atoms with Gasteiger partial charge in [0.1, 0.15) is 17.0 Å². The van der Waals surface area contributed by atoms with E-state index < -0.39 is 51.8 Å². The summed E-state index contributed by atoms with van der Waals surface area (Å²) in [4.78, 5) is 25.3. The van der Waals surface area contributed by atoms with Crippen LogP contribution in [-0.2, 0) is 10.0 Å². The smallest absolute Gasteiger partial charge is 0.278 e. The zero-order valence-corrected chi connectivity index (χ0v) is 18.5. The summed E-state index contributed by atoms with van der Waals surface area (Å²) >= 11 is 0. The van der Waals surface area contributed by atoms with Gasteiger partial charge in [0.25, 0.3) is 5.56 Å². The highest BCUT2D eigenvalue weighted by Gasteiger charge is 2.46. The Hall–Kier alpha value is -3.22. The number of hydrogen-bond donors (Lipinski definition) is 2. The van der Waals surface area contributed by atoms with Crippen molar-refractivity contribution in [3.8, 4) is 11.3 Å². The van der Waals surface area contributed by atoms with E-state index in [1.165, 1.54) is 16.8 Å². The van der Waals surface area contributed by atoms with Gasteiger partial charge in [-0.3, -0.25) is 14.1 Å². The van der Waals surface area contributed by atoms with Crippen LogP contribution in [0.15, 0.2) is 29.2 Å². The SMILES string of the molecule is CC(C)n1c(=O)c(-c2ccc(NS(=O)(=O)CC3CC(F)(F)C3)c(F)c2)nc2cnc(N)nc21. The second-order valence-electron chi connectivity index (χ2n) is 8.37. The Morgan fingerprint density at radius 1 is 1.27 bits per heavy atom. The van der Waals surface area contributed by atoms with Crippen molar-refractivity contribution >= 4 is 32.8 Å². The Kier molecular flexibility index (Phi) is 5.55. The number of fused-ring (bicyclic) bond motifs is 1. The predicted octanol–water partition coefficient (Wildman–Crippen LogP) is 2.94. The zero-order chi connectivity index (χ0) is 24.1. The van der Waals surface area contributed by atoms with Gasteiger partial charge in [0.2, 0.25) is 21.9 Å². The quantitative estimate of drug-likeness (QED) is 0.552. The third-order valence-corrected chi connectivity index (χ3v) is 6.75. The van der Waals surface area contributed by atoms with Crippen LogP contribution in [0.25, 0.3) is 22.4 Å². The molecule has 9 nitrogen and oxygen atoms in total. The fourth-order valence-electron chi connectivity index (χ4n) is 3.85. The number of nitrogens with one attached hydrogen (secondary N) is 1. The highest BCUT2D eigenvalue weighted by molar-refractivity contribution is 7.92. The molecule has 0 aliphatic heterocycles. The van der Waals surface area contributed by atoms with Gasteiger partial charge in [0.15, 0.2) is 5.65 Å². The third-order valence-electron chi connectivity index (χ3n) is 5.30.